The van der Waals surface area contributed by atoms with E-state index >= 15 is 0 Å². The molecule has 1 atom stereocenters. The van der Waals surface area contributed by atoms with Crippen molar-refractivity contribution in [3.05, 3.63) is 29.8 Å². The van der Waals surface area contributed by atoms with Crippen molar-refractivity contribution < 1.29 is 19.1 Å². The second kappa shape index (κ2) is 6.97. The number of carbonyl (C=O) groups excluding carboxylic acids is 2. The Balaban J connectivity index is 1.73. The standard InChI is InChI=1S/C16H21N3O4/c1-22-10-14-11-23-16(21)19(14)13-4-2-12(3-5-13)15(20)18-8-6-17-7-9-18/h2-5,14,17H,6-11H2,1H3/t14-/m1/s1. The number of nitrogens with one attached hydrogen (secondary N) is 1. The fourth-order valence-electron chi connectivity index (χ4n) is 2.91. The lowest BCUT2D eigenvalue weighted by Crippen LogP contribution is -2.46. The minimum Gasteiger partial charge on any atom is -0.447 e. The summed E-state index contributed by atoms with van der Waals surface area (Å²) in [5, 5.41) is 3.23. The van der Waals surface area contributed by atoms with Crippen LogP contribution in [0.5, 0.6) is 0 Å². The first-order valence-electron chi connectivity index (χ1n) is 7.75. The van der Waals surface area contributed by atoms with Crippen LogP contribution in [0.2, 0.25) is 0 Å². The molecule has 1 aromatic carbocycles. The molecule has 1 aromatic rings. The Morgan fingerprint density at radius 1 is 1.30 bits per heavy atom. The summed E-state index contributed by atoms with van der Waals surface area (Å²) in [5.41, 5.74) is 1.35. The van der Waals surface area contributed by atoms with Crippen LogP contribution in [0.15, 0.2) is 24.3 Å². The molecule has 0 radical (unpaired) electrons. The Bertz CT molecular complexity index is 569. The number of cyclic esters (lactones) is 1. The van der Waals surface area contributed by atoms with E-state index in [9.17, 15) is 9.59 Å². The van der Waals surface area contributed by atoms with Crippen LogP contribution in [0, 0.1) is 0 Å². The van der Waals surface area contributed by atoms with E-state index in [1.807, 2.05) is 4.90 Å². The van der Waals surface area contributed by atoms with E-state index in [-0.39, 0.29) is 18.0 Å². The second-order valence-electron chi connectivity index (χ2n) is 5.65. The highest BCUT2D eigenvalue weighted by Crippen LogP contribution is 2.24. The highest BCUT2D eigenvalue weighted by Gasteiger charge is 2.34. The van der Waals surface area contributed by atoms with Gasteiger partial charge >= 0.3 is 6.09 Å². The number of anilines is 1. The van der Waals surface area contributed by atoms with Gasteiger partial charge in [0.1, 0.15) is 6.61 Å². The van der Waals surface area contributed by atoms with Crippen molar-refractivity contribution in [2.24, 2.45) is 0 Å². The molecule has 2 aliphatic heterocycles. The summed E-state index contributed by atoms with van der Waals surface area (Å²) < 4.78 is 10.2. The Hall–Kier alpha value is -2.12. The third-order valence-corrected chi connectivity index (χ3v) is 4.12. The Morgan fingerprint density at radius 3 is 2.65 bits per heavy atom. The summed E-state index contributed by atoms with van der Waals surface area (Å²) in [7, 11) is 1.59. The van der Waals surface area contributed by atoms with Crippen LogP contribution in [-0.4, -0.2) is 69.4 Å². The van der Waals surface area contributed by atoms with E-state index in [1.165, 1.54) is 0 Å². The predicted octanol–water partition coefficient (Wildman–Crippen LogP) is 0.704. The zero-order valence-electron chi connectivity index (χ0n) is 13.2. The van der Waals surface area contributed by atoms with Crippen LogP contribution in [0.4, 0.5) is 10.5 Å². The van der Waals surface area contributed by atoms with Crippen molar-refractivity contribution in [3.63, 3.8) is 0 Å². The normalized spacial score (nSPS) is 21.4. The fourth-order valence-corrected chi connectivity index (χ4v) is 2.91. The van der Waals surface area contributed by atoms with E-state index in [1.54, 1.807) is 36.3 Å². The zero-order valence-corrected chi connectivity index (χ0v) is 13.2. The highest BCUT2D eigenvalue weighted by molar-refractivity contribution is 5.96. The summed E-state index contributed by atoms with van der Waals surface area (Å²) in [6.07, 6.45) is -0.381. The van der Waals surface area contributed by atoms with E-state index < -0.39 is 0 Å². The first-order chi connectivity index (χ1) is 11.2. The van der Waals surface area contributed by atoms with E-state index in [0.717, 1.165) is 26.2 Å². The second-order valence-corrected chi connectivity index (χ2v) is 5.65. The third kappa shape index (κ3) is 3.30. The molecule has 1 N–H and O–H groups in total. The number of amides is 2. The fraction of sp³-hybridized carbons (Fsp3) is 0.500. The Morgan fingerprint density at radius 2 is 2.00 bits per heavy atom. The van der Waals surface area contributed by atoms with Crippen LogP contribution >= 0.6 is 0 Å². The van der Waals surface area contributed by atoms with Gasteiger partial charge in [-0.1, -0.05) is 0 Å². The summed E-state index contributed by atoms with van der Waals surface area (Å²) in [6.45, 7) is 3.80. The summed E-state index contributed by atoms with van der Waals surface area (Å²) >= 11 is 0. The molecular formula is C16H21N3O4. The number of piperazine rings is 1. The average Bonchev–Trinajstić information content (AvgIpc) is 2.96. The number of ether oxygens (including phenoxy) is 2. The van der Waals surface area contributed by atoms with Crippen molar-refractivity contribution in [3.8, 4) is 0 Å². The molecule has 2 saturated heterocycles. The third-order valence-electron chi connectivity index (χ3n) is 4.12. The highest BCUT2D eigenvalue weighted by atomic mass is 16.6. The van der Waals surface area contributed by atoms with Crippen molar-refractivity contribution in [2.45, 2.75) is 6.04 Å². The number of rotatable bonds is 4. The minimum absolute atomic E-state index is 0.0236. The molecule has 0 aliphatic carbocycles. The monoisotopic (exact) mass is 319 g/mol. The molecule has 0 aromatic heterocycles. The summed E-state index contributed by atoms with van der Waals surface area (Å²) in [5.74, 6) is 0.0236. The molecule has 124 valence electrons. The van der Waals surface area contributed by atoms with Gasteiger partial charge in [-0.25, -0.2) is 4.79 Å². The van der Waals surface area contributed by atoms with Crippen molar-refractivity contribution >= 4 is 17.7 Å². The molecule has 2 aliphatic rings. The van der Waals surface area contributed by atoms with Gasteiger partial charge in [0.15, 0.2) is 0 Å². The lowest BCUT2D eigenvalue weighted by Gasteiger charge is -2.27. The molecule has 0 unspecified atom stereocenters. The van der Waals surface area contributed by atoms with E-state index in [0.29, 0.717) is 24.5 Å². The zero-order chi connectivity index (χ0) is 16.2. The Kier molecular flexibility index (Phi) is 4.78. The van der Waals surface area contributed by atoms with Crippen LogP contribution in [0.25, 0.3) is 0 Å². The maximum atomic E-state index is 12.4. The van der Waals surface area contributed by atoms with Gasteiger partial charge in [-0.3, -0.25) is 9.69 Å². The van der Waals surface area contributed by atoms with Gasteiger partial charge in [-0.05, 0) is 24.3 Å². The van der Waals surface area contributed by atoms with Crippen LogP contribution in [0.1, 0.15) is 10.4 Å². The van der Waals surface area contributed by atoms with Crippen LogP contribution in [0.3, 0.4) is 0 Å². The molecule has 2 amide bonds. The van der Waals surface area contributed by atoms with Gasteiger partial charge in [0.25, 0.3) is 5.91 Å². The summed E-state index contributed by atoms with van der Waals surface area (Å²) in [6, 6.07) is 6.95. The molecule has 2 heterocycles. The lowest BCUT2D eigenvalue weighted by atomic mass is 10.1. The number of hydrogen-bond donors (Lipinski definition) is 1. The molecule has 2 fully saturated rings. The van der Waals surface area contributed by atoms with Crippen molar-refractivity contribution in [2.75, 3.05) is 51.4 Å². The molecule has 7 nitrogen and oxygen atoms in total. The quantitative estimate of drug-likeness (QED) is 0.885. The predicted molar refractivity (Wildman–Crippen MR) is 84.7 cm³/mol. The molecule has 0 spiro atoms. The van der Waals surface area contributed by atoms with Crippen molar-refractivity contribution in [1.29, 1.82) is 0 Å². The molecule has 23 heavy (non-hydrogen) atoms. The number of carbonyl (C=O) groups is 2. The molecule has 0 bridgehead atoms. The van der Waals surface area contributed by atoms with Gasteiger partial charge in [-0.15, -0.1) is 0 Å². The first kappa shape index (κ1) is 15.8. The number of benzene rings is 1. The molecule has 0 saturated carbocycles. The van der Waals surface area contributed by atoms with E-state index in [4.69, 9.17) is 9.47 Å². The molecule has 3 rings (SSSR count). The minimum atomic E-state index is -0.381. The van der Waals surface area contributed by atoms with Gasteiger partial charge in [-0.2, -0.15) is 0 Å². The van der Waals surface area contributed by atoms with Gasteiger partial charge in [0.05, 0.1) is 12.6 Å². The number of hydrogen-bond acceptors (Lipinski definition) is 5. The first-order valence-corrected chi connectivity index (χ1v) is 7.75. The van der Waals surface area contributed by atoms with Crippen molar-refractivity contribution in [1.82, 2.24) is 10.2 Å². The van der Waals surface area contributed by atoms with Gasteiger partial charge in [0.2, 0.25) is 0 Å². The van der Waals surface area contributed by atoms with Gasteiger partial charge in [0, 0.05) is 44.5 Å². The largest absolute Gasteiger partial charge is 0.447 e. The van der Waals surface area contributed by atoms with Crippen LogP contribution < -0.4 is 10.2 Å². The Labute approximate surface area is 135 Å². The topological polar surface area (TPSA) is 71.1 Å². The number of methoxy groups -OCH3 is 1. The van der Waals surface area contributed by atoms with E-state index in [2.05, 4.69) is 5.32 Å². The maximum Gasteiger partial charge on any atom is 0.414 e. The lowest BCUT2D eigenvalue weighted by molar-refractivity contribution is 0.0736. The average molecular weight is 319 g/mol. The summed E-state index contributed by atoms with van der Waals surface area (Å²) in [4.78, 5) is 27.7. The smallest absolute Gasteiger partial charge is 0.414 e. The van der Waals surface area contributed by atoms with Gasteiger partial charge < -0.3 is 19.7 Å². The molecular weight excluding hydrogens is 298 g/mol. The van der Waals surface area contributed by atoms with Crippen LogP contribution in [-0.2, 0) is 9.47 Å². The maximum absolute atomic E-state index is 12.4. The number of nitrogens with zero attached hydrogens (tertiary/aromatic N) is 2. The molecule has 7 heteroatoms. The SMILES string of the molecule is COC[C@@H]1COC(=O)N1c1ccc(C(=O)N2CCNCC2)cc1.